The van der Waals surface area contributed by atoms with Gasteiger partial charge < -0.3 is 14.8 Å². The van der Waals surface area contributed by atoms with Crippen molar-refractivity contribution in [2.24, 2.45) is 5.10 Å². The van der Waals surface area contributed by atoms with Crippen LogP contribution in [-0.2, 0) is 16.0 Å². The summed E-state index contributed by atoms with van der Waals surface area (Å²) in [7, 11) is 0. The van der Waals surface area contributed by atoms with Crippen LogP contribution >= 0.6 is 0 Å². The molecule has 0 radical (unpaired) electrons. The topological polar surface area (TPSA) is 89.0 Å². The fraction of sp³-hybridized carbons (Fsp3) is 0.167. The van der Waals surface area contributed by atoms with Gasteiger partial charge in [-0.15, -0.1) is 0 Å². The molecule has 7 heteroatoms. The number of nitrogens with one attached hydrogen (secondary N) is 2. The number of hydrogen-bond donors (Lipinski definition) is 2. The fourth-order valence-electron chi connectivity index (χ4n) is 2.22. The van der Waals surface area contributed by atoms with Gasteiger partial charge in [-0.3, -0.25) is 9.59 Å². The largest absolute Gasteiger partial charge is 0.454 e. The summed E-state index contributed by atoms with van der Waals surface area (Å²) >= 11 is 0. The zero-order valence-electron chi connectivity index (χ0n) is 13.6. The van der Waals surface area contributed by atoms with Crippen molar-refractivity contribution in [1.29, 1.82) is 0 Å². The number of carbonyl (C=O) groups excluding carboxylic acids is 2. The van der Waals surface area contributed by atoms with Crippen molar-refractivity contribution < 1.29 is 19.1 Å². The number of hydrogen-bond acceptors (Lipinski definition) is 5. The highest BCUT2D eigenvalue weighted by Gasteiger charge is 2.14. The number of fused-ring (bicyclic) bond motifs is 1. The van der Waals surface area contributed by atoms with E-state index in [1.807, 2.05) is 19.1 Å². The van der Waals surface area contributed by atoms with Crippen LogP contribution in [0.15, 0.2) is 47.6 Å². The Labute approximate surface area is 144 Å². The van der Waals surface area contributed by atoms with Crippen molar-refractivity contribution in [3.63, 3.8) is 0 Å². The Morgan fingerprint density at radius 3 is 2.60 bits per heavy atom. The first-order valence-corrected chi connectivity index (χ1v) is 7.78. The maximum absolute atomic E-state index is 11.8. The molecule has 0 fully saturated rings. The molecule has 1 aliphatic rings. The number of hydrazone groups is 1. The number of aryl methyl sites for hydroxylation is 1. The monoisotopic (exact) mass is 339 g/mol. The minimum atomic E-state index is -0.850. The maximum atomic E-state index is 11.8. The molecule has 3 rings (SSSR count). The van der Waals surface area contributed by atoms with E-state index in [-0.39, 0.29) is 6.79 Å². The van der Waals surface area contributed by atoms with Crippen molar-refractivity contribution >= 4 is 23.7 Å². The summed E-state index contributed by atoms with van der Waals surface area (Å²) in [5.41, 5.74) is 4.60. The van der Waals surface area contributed by atoms with Gasteiger partial charge >= 0.3 is 11.8 Å². The van der Waals surface area contributed by atoms with Gasteiger partial charge in [-0.25, -0.2) is 5.43 Å². The molecule has 0 aromatic heterocycles. The lowest BCUT2D eigenvalue weighted by Crippen LogP contribution is -2.32. The third kappa shape index (κ3) is 4.14. The molecule has 2 aromatic carbocycles. The van der Waals surface area contributed by atoms with Crippen molar-refractivity contribution in [3.05, 3.63) is 53.6 Å². The number of nitrogens with zero attached hydrogens (tertiary/aromatic N) is 1. The highest BCUT2D eigenvalue weighted by molar-refractivity contribution is 6.39. The Balaban J connectivity index is 1.53. The van der Waals surface area contributed by atoms with Gasteiger partial charge in [0.1, 0.15) is 0 Å². The SMILES string of the molecule is CCc1ccc(NC(=O)C(=O)N/N=C/c2ccc3c(c2)OCO3)cc1. The smallest absolute Gasteiger partial charge is 0.329 e. The van der Waals surface area contributed by atoms with Gasteiger partial charge in [0, 0.05) is 5.69 Å². The fourth-order valence-corrected chi connectivity index (χ4v) is 2.22. The molecule has 0 unspecified atom stereocenters. The Kier molecular flexibility index (Phi) is 4.94. The maximum Gasteiger partial charge on any atom is 0.329 e. The minimum Gasteiger partial charge on any atom is -0.454 e. The second-order valence-electron chi connectivity index (χ2n) is 5.32. The molecule has 7 nitrogen and oxygen atoms in total. The van der Waals surface area contributed by atoms with Crippen LogP contribution in [0.4, 0.5) is 5.69 Å². The van der Waals surface area contributed by atoms with E-state index in [0.717, 1.165) is 12.0 Å². The van der Waals surface area contributed by atoms with Crippen LogP contribution in [0.5, 0.6) is 11.5 Å². The van der Waals surface area contributed by atoms with Gasteiger partial charge in [-0.2, -0.15) is 5.10 Å². The summed E-state index contributed by atoms with van der Waals surface area (Å²) in [5, 5.41) is 6.29. The number of carbonyl (C=O) groups is 2. The van der Waals surface area contributed by atoms with Crippen LogP contribution < -0.4 is 20.2 Å². The second kappa shape index (κ2) is 7.48. The summed E-state index contributed by atoms with van der Waals surface area (Å²) in [5.74, 6) is -0.359. The molecule has 0 saturated heterocycles. The molecule has 2 aromatic rings. The molecule has 128 valence electrons. The minimum absolute atomic E-state index is 0.187. The first-order valence-electron chi connectivity index (χ1n) is 7.78. The molecular weight excluding hydrogens is 322 g/mol. The normalized spacial score (nSPS) is 12.2. The highest BCUT2D eigenvalue weighted by atomic mass is 16.7. The second-order valence-corrected chi connectivity index (χ2v) is 5.32. The number of anilines is 1. The molecule has 2 amide bonds. The van der Waals surface area contributed by atoms with E-state index >= 15 is 0 Å². The van der Waals surface area contributed by atoms with E-state index < -0.39 is 11.8 Å². The van der Waals surface area contributed by atoms with Crippen molar-refractivity contribution in [3.8, 4) is 11.5 Å². The summed E-state index contributed by atoms with van der Waals surface area (Å²) in [6.07, 6.45) is 2.33. The van der Waals surface area contributed by atoms with E-state index in [4.69, 9.17) is 9.47 Å². The average molecular weight is 339 g/mol. The lowest BCUT2D eigenvalue weighted by molar-refractivity contribution is -0.136. The number of rotatable bonds is 4. The van der Waals surface area contributed by atoms with E-state index in [1.165, 1.54) is 6.21 Å². The van der Waals surface area contributed by atoms with Gasteiger partial charge in [-0.1, -0.05) is 19.1 Å². The summed E-state index contributed by atoms with van der Waals surface area (Å²) < 4.78 is 10.5. The summed E-state index contributed by atoms with van der Waals surface area (Å²) in [6, 6.07) is 12.5. The van der Waals surface area contributed by atoms with Crippen LogP contribution in [0, 0.1) is 0 Å². The van der Waals surface area contributed by atoms with E-state index in [1.54, 1.807) is 30.3 Å². The quantitative estimate of drug-likeness (QED) is 0.507. The van der Waals surface area contributed by atoms with E-state index in [0.29, 0.717) is 22.7 Å². The van der Waals surface area contributed by atoms with Crippen LogP contribution in [-0.4, -0.2) is 24.8 Å². The Hall–Kier alpha value is -3.35. The predicted molar refractivity (Wildman–Crippen MR) is 92.8 cm³/mol. The van der Waals surface area contributed by atoms with Crippen LogP contribution in [0.2, 0.25) is 0 Å². The van der Waals surface area contributed by atoms with E-state index in [9.17, 15) is 9.59 Å². The first kappa shape index (κ1) is 16.5. The molecular formula is C18H17N3O4. The molecule has 0 aliphatic carbocycles. The first-order chi connectivity index (χ1) is 12.2. The highest BCUT2D eigenvalue weighted by Crippen LogP contribution is 2.31. The third-order valence-electron chi connectivity index (χ3n) is 3.60. The van der Waals surface area contributed by atoms with Crippen LogP contribution in [0.25, 0.3) is 0 Å². The summed E-state index contributed by atoms with van der Waals surface area (Å²) in [4.78, 5) is 23.6. The Morgan fingerprint density at radius 1 is 1.08 bits per heavy atom. The zero-order valence-corrected chi connectivity index (χ0v) is 13.6. The molecule has 25 heavy (non-hydrogen) atoms. The molecule has 2 N–H and O–H groups in total. The lowest BCUT2D eigenvalue weighted by Gasteiger charge is -2.04. The van der Waals surface area contributed by atoms with Crippen LogP contribution in [0.3, 0.4) is 0 Å². The molecule has 1 aliphatic heterocycles. The van der Waals surface area contributed by atoms with Crippen molar-refractivity contribution in [1.82, 2.24) is 5.43 Å². The average Bonchev–Trinajstić information content (AvgIpc) is 3.10. The molecule has 1 heterocycles. The van der Waals surface area contributed by atoms with Gasteiger partial charge in [0.2, 0.25) is 6.79 Å². The summed E-state index contributed by atoms with van der Waals surface area (Å²) in [6.45, 7) is 2.23. The molecule has 0 atom stereocenters. The lowest BCUT2D eigenvalue weighted by atomic mass is 10.1. The predicted octanol–water partition coefficient (Wildman–Crippen LogP) is 2.07. The van der Waals surface area contributed by atoms with Crippen molar-refractivity contribution in [2.45, 2.75) is 13.3 Å². The van der Waals surface area contributed by atoms with Crippen molar-refractivity contribution in [2.75, 3.05) is 12.1 Å². The number of amides is 2. The van der Waals surface area contributed by atoms with Gasteiger partial charge in [0.15, 0.2) is 11.5 Å². The number of ether oxygens (including phenoxy) is 2. The zero-order chi connectivity index (χ0) is 17.6. The third-order valence-corrected chi connectivity index (χ3v) is 3.60. The van der Waals surface area contributed by atoms with Gasteiger partial charge in [-0.05, 0) is 47.9 Å². The standard InChI is InChI=1S/C18H17N3O4/c1-2-12-3-6-14(7-4-12)20-17(22)18(23)21-19-10-13-5-8-15-16(9-13)25-11-24-15/h3-10H,2,11H2,1H3,(H,20,22)(H,21,23)/b19-10+. The molecule has 0 spiro atoms. The number of benzene rings is 2. The van der Waals surface area contributed by atoms with Gasteiger partial charge in [0.05, 0.1) is 6.21 Å². The molecule has 0 saturated carbocycles. The Morgan fingerprint density at radius 2 is 1.84 bits per heavy atom. The van der Waals surface area contributed by atoms with E-state index in [2.05, 4.69) is 15.8 Å². The van der Waals surface area contributed by atoms with Gasteiger partial charge in [0.25, 0.3) is 0 Å². The Bertz CT molecular complexity index is 816. The van der Waals surface area contributed by atoms with Crippen LogP contribution in [0.1, 0.15) is 18.1 Å². The molecule has 0 bridgehead atoms.